The van der Waals surface area contributed by atoms with Crippen molar-refractivity contribution in [1.82, 2.24) is 5.32 Å². The summed E-state index contributed by atoms with van der Waals surface area (Å²) >= 11 is 0. The summed E-state index contributed by atoms with van der Waals surface area (Å²) in [7, 11) is 0. The summed E-state index contributed by atoms with van der Waals surface area (Å²) in [6.45, 7) is -3.64. The molecule has 0 radical (unpaired) electrons. The fourth-order valence-electron chi connectivity index (χ4n) is 2.87. The Morgan fingerprint density at radius 1 is 1.17 bits per heavy atom. The van der Waals surface area contributed by atoms with Crippen LogP contribution in [-0.4, -0.2) is 41.5 Å². The molecule has 0 fully saturated rings. The fraction of sp³-hybridized carbons (Fsp3) is 0.222. The van der Waals surface area contributed by atoms with Gasteiger partial charge in [-0.3, -0.25) is 0 Å². The summed E-state index contributed by atoms with van der Waals surface area (Å²) in [5, 5.41) is 19.9. The second-order valence-electron chi connectivity index (χ2n) is 5.24. The van der Waals surface area contributed by atoms with Crippen molar-refractivity contribution in [2.45, 2.75) is 11.9 Å². The van der Waals surface area contributed by atoms with Gasteiger partial charge in [0.25, 0.3) is 0 Å². The van der Waals surface area contributed by atoms with Gasteiger partial charge in [0.2, 0.25) is 0 Å². The van der Waals surface area contributed by atoms with Crippen LogP contribution in [0.15, 0.2) is 48.5 Å². The maximum absolute atomic E-state index is 12.0. The van der Waals surface area contributed by atoms with Gasteiger partial charge in [0.15, 0.2) is 6.02 Å². The Morgan fingerprint density at radius 2 is 1.71 bits per heavy atom. The number of fused-ring (bicyclic) bond motifs is 3. The molecule has 0 bridgehead atoms. The van der Waals surface area contributed by atoms with E-state index in [0.717, 1.165) is 22.3 Å². The molecule has 1 atom stereocenters. The van der Waals surface area contributed by atoms with Crippen molar-refractivity contribution in [3.63, 3.8) is 0 Å². The topological polar surface area (TPSA) is 95.9 Å². The third kappa shape index (κ3) is 2.96. The maximum atomic E-state index is 12.0. The lowest BCUT2D eigenvalue weighted by atomic mass is 9.98. The van der Waals surface area contributed by atoms with Crippen LogP contribution < -0.4 is 5.32 Å². The lowest BCUT2D eigenvalue weighted by molar-refractivity contribution is -0.140. The number of hydrogen-bond donors (Lipinski definition) is 3. The van der Waals surface area contributed by atoms with Crippen LogP contribution in [0.5, 0.6) is 0 Å². The van der Waals surface area contributed by atoms with Crippen molar-refractivity contribution in [2.75, 3.05) is 13.2 Å². The van der Waals surface area contributed by atoms with Crippen LogP contribution in [0.3, 0.4) is 0 Å². The van der Waals surface area contributed by atoms with Gasteiger partial charge in [0, 0.05) is 5.92 Å². The third-order valence-corrected chi connectivity index (χ3v) is 3.90. The minimum atomic E-state index is -3.51. The summed E-state index contributed by atoms with van der Waals surface area (Å²) in [5.74, 6) is -2.33. The Bertz CT molecular complexity index is 853. The molecule has 1 unspecified atom stereocenters. The van der Waals surface area contributed by atoms with E-state index < -0.39 is 24.6 Å². The number of carbonyl (C=O) groups is 2. The van der Waals surface area contributed by atoms with Crippen LogP contribution in [0.25, 0.3) is 11.1 Å². The molecule has 6 heteroatoms. The molecular formula is C18H17NO5. The molecule has 3 N–H and O–H groups in total. The molecule has 124 valence electrons. The maximum Gasteiger partial charge on any atom is 0.407 e. The third-order valence-electron chi connectivity index (χ3n) is 3.90. The highest BCUT2D eigenvalue weighted by molar-refractivity contribution is 5.81. The molecule has 2 aromatic carbocycles. The minimum absolute atomic E-state index is 0.135. The monoisotopic (exact) mass is 330 g/mol. The molecule has 0 heterocycles. The quantitative estimate of drug-likeness (QED) is 0.779. The lowest BCUT2D eigenvalue weighted by Gasteiger charge is -2.16. The first-order chi connectivity index (χ1) is 12.6. The van der Waals surface area contributed by atoms with Gasteiger partial charge in [0.05, 0.1) is 10.7 Å². The van der Waals surface area contributed by atoms with Gasteiger partial charge < -0.3 is 20.3 Å². The number of carbonyl (C=O) groups excluding carboxylic acids is 1. The van der Waals surface area contributed by atoms with Crippen molar-refractivity contribution in [1.29, 1.82) is 0 Å². The number of carboxylic acids is 1. The van der Waals surface area contributed by atoms with Crippen molar-refractivity contribution >= 4 is 12.1 Å². The van der Waals surface area contributed by atoms with Crippen LogP contribution in [0, 0.1) is 0 Å². The highest BCUT2D eigenvalue weighted by Gasteiger charge is 2.29. The van der Waals surface area contributed by atoms with Crippen LogP contribution in [0.4, 0.5) is 4.79 Å². The number of benzene rings is 2. The Hall–Kier alpha value is -2.86. The van der Waals surface area contributed by atoms with Gasteiger partial charge in [-0.2, -0.15) is 0 Å². The van der Waals surface area contributed by atoms with Gasteiger partial charge in [-0.1, -0.05) is 48.5 Å². The number of rotatable bonds is 5. The molecule has 0 aliphatic heterocycles. The smallest absolute Gasteiger partial charge is 0.407 e. The predicted octanol–water partition coefficient (Wildman–Crippen LogP) is 1.97. The van der Waals surface area contributed by atoms with Crippen LogP contribution in [0.1, 0.15) is 21.2 Å². The molecule has 1 aliphatic rings. The fourth-order valence-corrected chi connectivity index (χ4v) is 2.87. The van der Waals surface area contributed by atoms with Gasteiger partial charge in [0.1, 0.15) is 6.61 Å². The molecule has 24 heavy (non-hydrogen) atoms. The molecule has 0 saturated heterocycles. The van der Waals surface area contributed by atoms with E-state index in [1.165, 1.54) is 0 Å². The van der Waals surface area contributed by atoms with E-state index in [0.29, 0.717) is 0 Å². The SMILES string of the molecule is [2H]C([2H])(O)C([2H])(NC(=O)OCC1c2ccccc2-c2ccccc21)C(=O)O. The van der Waals surface area contributed by atoms with Gasteiger partial charge in [-0.05, 0) is 22.3 Å². The molecule has 3 rings (SSSR count). The van der Waals surface area contributed by atoms with E-state index in [4.69, 9.17) is 14.0 Å². The molecule has 0 aromatic heterocycles. The molecule has 1 aliphatic carbocycles. The number of amides is 1. The van der Waals surface area contributed by atoms with E-state index >= 15 is 0 Å². The van der Waals surface area contributed by atoms with Crippen molar-refractivity contribution < 1.29 is 28.7 Å². The molecule has 1 amide bonds. The highest BCUT2D eigenvalue weighted by atomic mass is 16.5. The number of hydrogen-bond acceptors (Lipinski definition) is 4. The zero-order chi connectivity index (χ0) is 19.8. The number of aliphatic carboxylic acids is 1. The number of ether oxygens (including phenoxy) is 1. The Balaban J connectivity index is 1.77. The Morgan fingerprint density at radius 3 is 2.21 bits per heavy atom. The molecule has 6 nitrogen and oxygen atoms in total. The Labute approximate surface area is 142 Å². The minimum Gasteiger partial charge on any atom is -0.480 e. The van der Waals surface area contributed by atoms with E-state index in [-0.39, 0.29) is 12.5 Å². The predicted molar refractivity (Wildman–Crippen MR) is 86.7 cm³/mol. The van der Waals surface area contributed by atoms with Gasteiger partial charge >= 0.3 is 12.1 Å². The Kier molecular flexibility index (Phi) is 3.51. The van der Waals surface area contributed by atoms with E-state index in [9.17, 15) is 14.7 Å². The zero-order valence-corrected chi connectivity index (χ0v) is 12.5. The second-order valence-corrected chi connectivity index (χ2v) is 5.24. The molecular weight excluding hydrogens is 310 g/mol. The number of aliphatic hydroxyl groups is 1. The largest absolute Gasteiger partial charge is 0.480 e. The van der Waals surface area contributed by atoms with E-state index in [1.54, 1.807) is 5.32 Å². The standard InChI is InChI=1S/C18H17NO5/c20-9-16(17(21)22)19-18(23)24-10-15-13-7-3-1-5-11(13)12-6-2-4-8-14(12)15/h1-8,15-16,20H,9-10H2,(H,19,23)(H,21,22)/i9D2,16D. The van der Waals surface area contributed by atoms with Crippen LogP contribution in [-0.2, 0) is 9.53 Å². The van der Waals surface area contributed by atoms with Crippen molar-refractivity contribution in [2.24, 2.45) is 0 Å². The first-order valence-electron chi connectivity index (χ1n) is 8.74. The number of nitrogens with one attached hydrogen (secondary N) is 1. The second kappa shape index (κ2) is 6.72. The lowest BCUT2D eigenvalue weighted by Crippen LogP contribution is -2.43. The molecule has 2 aromatic rings. The van der Waals surface area contributed by atoms with Crippen molar-refractivity contribution in [3.8, 4) is 11.1 Å². The summed E-state index contributed by atoms with van der Waals surface area (Å²) in [5.41, 5.74) is 3.90. The summed E-state index contributed by atoms with van der Waals surface area (Å²) in [6.07, 6.45) is -1.31. The summed E-state index contributed by atoms with van der Waals surface area (Å²) in [4.78, 5) is 23.1. The first-order valence-corrected chi connectivity index (χ1v) is 7.24. The average molecular weight is 330 g/mol. The summed E-state index contributed by atoms with van der Waals surface area (Å²) in [6, 6.07) is 11.9. The van der Waals surface area contributed by atoms with Crippen molar-refractivity contribution in [3.05, 3.63) is 59.7 Å². The van der Waals surface area contributed by atoms with E-state index in [1.807, 2.05) is 48.5 Å². The normalized spacial score (nSPS) is 17.5. The molecule has 0 spiro atoms. The number of alkyl carbamates (subject to hydrolysis) is 1. The highest BCUT2D eigenvalue weighted by Crippen LogP contribution is 2.44. The van der Waals surface area contributed by atoms with Gasteiger partial charge in [-0.25, -0.2) is 9.59 Å². The number of carboxylic acid groups (broad SMARTS) is 1. The van der Waals surface area contributed by atoms with Crippen LogP contribution >= 0.6 is 0 Å². The zero-order valence-electron chi connectivity index (χ0n) is 15.5. The summed E-state index contributed by atoms with van der Waals surface area (Å²) < 4.78 is 26.8. The van der Waals surface area contributed by atoms with Crippen LogP contribution in [0.2, 0.25) is 0 Å². The van der Waals surface area contributed by atoms with E-state index in [2.05, 4.69) is 0 Å². The van der Waals surface area contributed by atoms with Gasteiger partial charge in [-0.15, -0.1) is 0 Å². The average Bonchev–Trinajstić information content (AvgIpc) is 2.93. The first kappa shape index (κ1) is 12.5. The molecule has 0 saturated carbocycles.